The Morgan fingerprint density at radius 2 is 0.880 bits per heavy atom. The predicted molar refractivity (Wildman–Crippen MR) is 196 cm³/mol. The van der Waals surface area contributed by atoms with Gasteiger partial charge in [-0.15, -0.1) is 0 Å². The first-order chi connectivity index (χ1) is 23.3. The molecule has 0 saturated carbocycles. The summed E-state index contributed by atoms with van der Waals surface area (Å²) in [6, 6.07) is 3.45. The van der Waals surface area contributed by atoms with Crippen LogP contribution in [0.15, 0.2) is 22.3 Å². The minimum absolute atomic E-state index is 0.0685. The van der Waals surface area contributed by atoms with Crippen molar-refractivity contribution in [2.75, 3.05) is 0 Å². The van der Waals surface area contributed by atoms with Crippen LogP contribution in [0.5, 0.6) is 34.5 Å². The van der Waals surface area contributed by atoms with Crippen molar-refractivity contribution in [1.29, 1.82) is 0 Å². The second-order valence-electron chi connectivity index (χ2n) is 13.8. The summed E-state index contributed by atoms with van der Waals surface area (Å²) in [5.41, 5.74) is 6.75. The number of aromatic hydroxyl groups is 6. The molecule has 0 unspecified atom stereocenters. The third kappa shape index (κ3) is 6.45. The summed E-state index contributed by atoms with van der Waals surface area (Å²) in [6.45, 7) is 17.5. The number of rotatable bonds is 9. The van der Waals surface area contributed by atoms with Crippen LogP contribution in [0.4, 0.5) is 0 Å². The number of hydrogen-bond acceptors (Lipinski definition) is 10. The molecule has 12 heteroatoms. The molecule has 266 valence electrons. The maximum atomic E-state index is 12.2. The molecule has 4 aromatic rings. The molecule has 4 aromatic carbocycles. The molecule has 0 aliphatic carbocycles. The van der Waals surface area contributed by atoms with Gasteiger partial charge >= 0.3 is 0 Å². The van der Waals surface area contributed by atoms with Crippen molar-refractivity contribution >= 4 is 45.8 Å². The number of hydrazone groups is 2. The molecule has 0 aromatic heterocycles. The van der Waals surface area contributed by atoms with Crippen molar-refractivity contribution in [2.24, 2.45) is 22.0 Å². The first-order valence-electron chi connectivity index (χ1n) is 16.5. The maximum absolute atomic E-state index is 12.2. The average Bonchev–Trinajstić information content (AvgIpc) is 3.01. The number of carbonyl (C=O) groups excluding carboxylic acids is 2. The van der Waals surface area contributed by atoms with Gasteiger partial charge in [-0.05, 0) is 47.6 Å². The van der Waals surface area contributed by atoms with Gasteiger partial charge in [0.05, 0.1) is 23.6 Å². The predicted octanol–water partition coefficient (Wildman–Crippen LogP) is 6.97. The third-order valence-corrected chi connectivity index (χ3v) is 8.77. The van der Waals surface area contributed by atoms with E-state index in [9.17, 15) is 40.2 Å². The molecule has 50 heavy (non-hydrogen) atoms. The van der Waals surface area contributed by atoms with Crippen LogP contribution in [0.3, 0.4) is 0 Å². The monoisotopic (exact) mass is 686 g/mol. The fourth-order valence-corrected chi connectivity index (χ4v) is 6.20. The topological polar surface area (TPSA) is 204 Å². The highest BCUT2D eigenvalue weighted by atomic mass is 16.3. The standard InChI is InChI=1S/C38H46N4O8/c1-15(2)25-21-11-19(9)27(33(45)29(21)23(31(43)35(25)47)13-39-41-37(49)17(5)6)28-20(10)12-22-26(16(3)4)36(48)32(44)24(30(22)34(28)46)14-40-42-38(50)18(7)8/h11-18,43-48H,1-10H3,(H,41,49)(H,42,50). The number of phenols is 6. The van der Waals surface area contributed by atoms with Crippen molar-refractivity contribution in [2.45, 2.75) is 81.1 Å². The van der Waals surface area contributed by atoms with E-state index in [1.54, 1.807) is 53.7 Å². The molecule has 0 bridgehead atoms. The van der Waals surface area contributed by atoms with E-state index >= 15 is 0 Å². The number of amides is 2. The number of benzene rings is 4. The summed E-state index contributed by atoms with van der Waals surface area (Å²) in [5.74, 6) is -4.73. The number of hydrogen-bond donors (Lipinski definition) is 8. The van der Waals surface area contributed by atoms with E-state index in [2.05, 4.69) is 21.1 Å². The summed E-state index contributed by atoms with van der Waals surface area (Å²) < 4.78 is 0. The third-order valence-electron chi connectivity index (χ3n) is 8.77. The lowest BCUT2D eigenvalue weighted by molar-refractivity contribution is -0.124. The smallest absolute Gasteiger partial charge is 0.242 e. The number of aryl methyl sites for hydroxylation is 2. The Kier molecular flexibility index (Phi) is 10.6. The number of nitrogens with zero attached hydrogens (tertiary/aromatic N) is 2. The minimum Gasteiger partial charge on any atom is -0.507 e. The Bertz CT molecular complexity index is 1950. The van der Waals surface area contributed by atoms with Gasteiger partial charge in [0, 0.05) is 44.9 Å². The fourth-order valence-electron chi connectivity index (χ4n) is 6.20. The Morgan fingerprint density at radius 1 is 0.560 bits per heavy atom. The van der Waals surface area contributed by atoms with E-state index in [1.807, 2.05) is 27.7 Å². The van der Waals surface area contributed by atoms with Crippen molar-refractivity contribution in [3.63, 3.8) is 0 Å². The van der Waals surface area contributed by atoms with Crippen LogP contribution in [0.1, 0.15) is 101 Å². The highest BCUT2D eigenvalue weighted by molar-refractivity contribution is 6.15. The quantitative estimate of drug-likeness (QED) is 0.0523. The Morgan fingerprint density at radius 3 is 1.16 bits per heavy atom. The summed E-state index contributed by atoms with van der Waals surface area (Å²) in [5, 5.41) is 78.0. The van der Waals surface area contributed by atoms with E-state index in [4.69, 9.17) is 0 Å². The van der Waals surface area contributed by atoms with Crippen LogP contribution in [-0.2, 0) is 9.59 Å². The molecule has 0 radical (unpaired) electrons. The SMILES string of the molecule is Cc1cc2c(C(C)C)c(O)c(O)c(C=NNC(=O)C(C)C)c2c(O)c1-c1c(C)cc2c(C(C)C)c(O)c(O)c(C=NNC(=O)C(C)C)c2c1O. The van der Waals surface area contributed by atoms with E-state index in [0.29, 0.717) is 33.0 Å². The van der Waals surface area contributed by atoms with E-state index < -0.39 is 23.0 Å². The van der Waals surface area contributed by atoms with E-state index in [1.165, 1.54) is 0 Å². The van der Waals surface area contributed by atoms with Crippen LogP contribution in [0.2, 0.25) is 0 Å². The Balaban J connectivity index is 2.17. The van der Waals surface area contributed by atoms with Crippen LogP contribution in [0, 0.1) is 25.7 Å². The second-order valence-corrected chi connectivity index (χ2v) is 13.8. The van der Waals surface area contributed by atoms with Crippen molar-refractivity contribution in [3.8, 4) is 45.6 Å². The molecule has 0 spiro atoms. The molecule has 0 aliphatic heterocycles. The molecular weight excluding hydrogens is 640 g/mol. The summed E-state index contributed by atoms with van der Waals surface area (Å²) >= 11 is 0. The number of nitrogens with one attached hydrogen (secondary N) is 2. The molecule has 8 N–H and O–H groups in total. The lowest BCUT2D eigenvalue weighted by Crippen LogP contribution is -2.22. The zero-order valence-corrected chi connectivity index (χ0v) is 30.0. The lowest BCUT2D eigenvalue weighted by atomic mass is 9.83. The summed E-state index contributed by atoms with van der Waals surface area (Å²) in [4.78, 5) is 24.4. The van der Waals surface area contributed by atoms with Crippen LogP contribution in [-0.4, -0.2) is 54.9 Å². The van der Waals surface area contributed by atoms with Gasteiger partial charge in [0.15, 0.2) is 23.0 Å². The zero-order chi connectivity index (χ0) is 37.5. The Hall–Kier alpha value is -5.52. The largest absolute Gasteiger partial charge is 0.507 e. The van der Waals surface area contributed by atoms with E-state index in [0.717, 1.165) is 12.4 Å². The van der Waals surface area contributed by atoms with Crippen LogP contribution >= 0.6 is 0 Å². The summed E-state index contributed by atoms with van der Waals surface area (Å²) in [6.07, 6.45) is 2.28. The molecule has 12 nitrogen and oxygen atoms in total. The van der Waals surface area contributed by atoms with Gasteiger partial charge in [0.2, 0.25) is 11.8 Å². The lowest BCUT2D eigenvalue weighted by Gasteiger charge is -2.23. The maximum Gasteiger partial charge on any atom is 0.242 e. The first-order valence-corrected chi connectivity index (χ1v) is 16.5. The Labute approximate surface area is 290 Å². The highest BCUT2D eigenvalue weighted by Gasteiger charge is 2.29. The van der Waals surface area contributed by atoms with Crippen molar-refractivity contribution in [1.82, 2.24) is 10.9 Å². The molecule has 0 saturated heterocycles. The zero-order valence-electron chi connectivity index (χ0n) is 30.0. The number of carbonyl (C=O) groups is 2. The van der Waals surface area contributed by atoms with Gasteiger partial charge in [-0.3, -0.25) is 9.59 Å². The fraction of sp³-hybridized carbons (Fsp3) is 0.368. The average molecular weight is 687 g/mol. The van der Waals surface area contributed by atoms with Gasteiger partial charge in [-0.2, -0.15) is 10.2 Å². The van der Waals surface area contributed by atoms with Gasteiger partial charge < -0.3 is 30.6 Å². The van der Waals surface area contributed by atoms with Crippen LogP contribution in [0.25, 0.3) is 32.7 Å². The van der Waals surface area contributed by atoms with Gasteiger partial charge in [-0.25, -0.2) is 10.9 Å². The number of phenolic OH excluding ortho intramolecular Hbond substituents is 6. The highest BCUT2D eigenvalue weighted by Crippen LogP contribution is 2.54. The second kappa shape index (κ2) is 14.1. The van der Waals surface area contributed by atoms with Gasteiger partial charge in [0.25, 0.3) is 0 Å². The molecule has 4 rings (SSSR count). The molecule has 0 heterocycles. The van der Waals surface area contributed by atoms with Gasteiger partial charge in [-0.1, -0.05) is 67.5 Å². The number of fused-ring (bicyclic) bond motifs is 2. The van der Waals surface area contributed by atoms with Crippen molar-refractivity contribution in [3.05, 3.63) is 45.5 Å². The molecular formula is C38H46N4O8. The van der Waals surface area contributed by atoms with Gasteiger partial charge in [0.1, 0.15) is 11.5 Å². The molecule has 0 aliphatic rings. The molecule has 0 fully saturated rings. The first kappa shape index (κ1) is 37.3. The minimum atomic E-state index is -0.558. The van der Waals surface area contributed by atoms with Crippen molar-refractivity contribution < 1.29 is 40.2 Å². The molecule has 2 amide bonds. The normalized spacial score (nSPS) is 12.2. The van der Waals surface area contributed by atoms with Crippen LogP contribution < -0.4 is 10.9 Å². The van der Waals surface area contributed by atoms with E-state index in [-0.39, 0.29) is 80.0 Å². The molecule has 0 atom stereocenters. The summed E-state index contributed by atoms with van der Waals surface area (Å²) in [7, 11) is 0.